The maximum Gasteiger partial charge on any atom is 0.154 e. The van der Waals surface area contributed by atoms with E-state index >= 15 is 0 Å². The molecule has 1 aromatic heterocycles. The van der Waals surface area contributed by atoms with E-state index in [4.69, 9.17) is 9.72 Å². The molecule has 3 rings (SSSR count). The first-order valence-electron chi connectivity index (χ1n) is 6.51. The van der Waals surface area contributed by atoms with E-state index in [1.165, 1.54) is 12.8 Å². The van der Waals surface area contributed by atoms with Gasteiger partial charge in [0.25, 0.3) is 0 Å². The van der Waals surface area contributed by atoms with Gasteiger partial charge in [-0.05, 0) is 19.4 Å². The molecule has 5 nitrogen and oxygen atoms in total. The van der Waals surface area contributed by atoms with Crippen LogP contribution >= 0.6 is 0 Å². The van der Waals surface area contributed by atoms with Gasteiger partial charge in [0.05, 0.1) is 19.1 Å². The number of rotatable bonds is 4. The Morgan fingerprint density at radius 3 is 2.94 bits per heavy atom. The molecule has 1 aromatic rings. The fraction of sp³-hybridized carbons (Fsp3) is 0.833. The molecule has 0 aromatic carbocycles. The number of hydrogen-bond donors (Lipinski definition) is 1. The van der Waals surface area contributed by atoms with Crippen LogP contribution in [0.15, 0.2) is 0 Å². The van der Waals surface area contributed by atoms with Crippen molar-refractivity contribution in [2.75, 3.05) is 19.8 Å². The summed E-state index contributed by atoms with van der Waals surface area (Å²) in [5.74, 6) is 3.08. The summed E-state index contributed by atoms with van der Waals surface area (Å²) in [5, 5.41) is 8.00. The molecule has 0 amide bonds. The number of aryl methyl sites for hydroxylation is 1. The highest BCUT2D eigenvalue weighted by Crippen LogP contribution is 2.38. The van der Waals surface area contributed by atoms with Crippen molar-refractivity contribution < 1.29 is 4.74 Å². The zero-order valence-electron chi connectivity index (χ0n) is 10.5. The van der Waals surface area contributed by atoms with Gasteiger partial charge in [-0.25, -0.2) is 4.98 Å². The summed E-state index contributed by atoms with van der Waals surface area (Å²) in [6, 6.07) is 0.384. The van der Waals surface area contributed by atoms with Crippen LogP contribution in [0.3, 0.4) is 0 Å². The van der Waals surface area contributed by atoms with Crippen molar-refractivity contribution in [3.63, 3.8) is 0 Å². The molecule has 0 radical (unpaired) electrons. The lowest BCUT2D eigenvalue weighted by atomic mass is 10.0. The molecule has 2 unspecified atom stereocenters. The van der Waals surface area contributed by atoms with Crippen molar-refractivity contribution in [1.82, 2.24) is 20.1 Å². The first-order chi connectivity index (χ1) is 8.29. The van der Waals surface area contributed by atoms with E-state index in [0.717, 1.165) is 31.4 Å². The second kappa shape index (κ2) is 4.38. The van der Waals surface area contributed by atoms with E-state index < -0.39 is 0 Å². The Labute approximate surface area is 102 Å². The Morgan fingerprint density at radius 2 is 2.24 bits per heavy atom. The largest absolute Gasteiger partial charge is 0.379 e. The molecule has 1 saturated carbocycles. The molecule has 2 heterocycles. The van der Waals surface area contributed by atoms with E-state index in [1.807, 2.05) is 11.7 Å². The number of hydrogen-bond acceptors (Lipinski definition) is 4. The minimum atomic E-state index is 0.347. The highest BCUT2D eigenvalue weighted by atomic mass is 16.5. The van der Waals surface area contributed by atoms with Crippen LogP contribution in [0.1, 0.15) is 43.3 Å². The summed E-state index contributed by atoms with van der Waals surface area (Å²) in [6.45, 7) is 4.64. The SMILES string of the molecule is CCNC1COCC1c1nc(C2CC2)nn1C. The Bertz CT molecular complexity index is 399. The van der Waals surface area contributed by atoms with Gasteiger partial charge in [-0.1, -0.05) is 6.92 Å². The number of nitrogens with zero attached hydrogens (tertiary/aromatic N) is 3. The van der Waals surface area contributed by atoms with Crippen LogP contribution in [0.2, 0.25) is 0 Å². The lowest BCUT2D eigenvalue weighted by molar-refractivity contribution is 0.187. The smallest absolute Gasteiger partial charge is 0.154 e. The van der Waals surface area contributed by atoms with Crippen molar-refractivity contribution in [3.8, 4) is 0 Å². The number of aromatic nitrogens is 3. The second-order valence-electron chi connectivity index (χ2n) is 5.03. The molecule has 1 N–H and O–H groups in total. The van der Waals surface area contributed by atoms with E-state index in [2.05, 4.69) is 17.3 Å². The summed E-state index contributed by atoms with van der Waals surface area (Å²) in [6.07, 6.45) is 2.50. The number of ether oxygens (including phenoxy) is 1. The third kappa shape index (κ3) is 2.09. The lowest BCUT2D eigenvalue weighted by Gasteiger charge is -2.16. The Kier molecular flexibility index (Phi) is 2.88. The molecule has 2 fully saturated rings. The highest BCUT2D eigenvalue weighted by molar-refractivity contribution is 5.11. The van der Waals surface area contributed by atoms with Gasteiger partial charge in [-0.15, -0.1) is 0 Å². The van der Waals surface area contributed by atoms with Crippen LogP contribution in [0.25, 0.3) is 0 Å². The third-order valence-corrected chi connectivity index (χ3v) is 3.63. The van der Waals surface area contributed by atoms with E-state index in [-0.39, 0.29) is 0 Å². The summed E-state index contributed by atoms with van der Waals surface area (Å²) >= 11 is 0. The van der Waals surface area contributed by atoms with Crippen molar-refractivity contribution >= 4 is 0 Å². The minimum Gasteiger partial charge on any atom is -0.379 e. The zero-order chi connectivity index (χ0) is 11.8. The molecule has 5 heteroatoms. The summed E-state index contributed by atoms with van der Waals surface area (Å²) in [5.41, 5.74) is 0. The highest BCUT2D eigenvalue weighted by Gasteiger charge is 2.35. The van der Waals surface area contributed by atoms with Crippen LogP contribution in [-0.2, 0) is 11.8 Å². The monoisotopic (exact) mass is 236 g/mol. The van der Waals surface area contributed by atoms with Gasteiger partial charge in [0.2, 0.25) is 0 Å². The summed E-state index contributed by atoms with van der Waals surface area (Å²) < 4.78 is 7.52. The van der Waals surface area contributed by atoms with Gasteiger partial charge >= 0.3 is 0 Å². The van der Waals surface area contributed by atoms with Gasteiger partial charge in [0.1, 0.15) is 5.82 Å². The van der Waals surface area contributed by atoms with Crippen LogP contribution in [0.4, 0.5) is 0 Å². The molecule has 94 valence electrons. The lowest BCUT2D eigenvalue weighted by Crippen LogP contribution is -2.35. The molecule has 17 heavy (non-hydrogen) atoms. The van der Waals surface area contributed by atoms with Crippen LogP contribution in [-0.4, -0.2) is 40.6 Å². The van der Waals surface area contributed by atoms with Crippen molar-refractivity contribution in [3.05, 3.63) is 11.6 Å². The van der Waals surface area contributed by atoms with Gasteiger partial charge in [-0.3, -0.25) is 4.68 Å². The molecule has 2 atom stereocenters. The topological polar surface area (TPSA) is 52.0 Å². The fourth-order valence-corrected chi connectivity index (χ4v) is 2.53. The molecular formula is C12H20N4O. The van der Waals surface area contributed by atoms with Crippen molar-refractivity contribution in [1.29, 1.82) is 0 Å². The molecule has 1 saturated heterocycles. The average molecular weight is 236 g/mol. The maximum atomic E-state index is 5.57. The average Bonchev–Trinajstić information content (AvgIpc) is 2.95. The molecule has 1 aliphatic heterocycles. The Balaban J connectivity index is 1.81. The Hall–Kier alpha value is -0.940. The van der Waals surface area contributed by atoms with E-state index in [0.29, 0.717) is 17.9 Å². The summed E-state index contributed by atoms with van der Waals surface area (Å²) in [4.78, 5) is 4.72. The minimum absolute atomic E-state index is 0.347. The van der Waals surface area contributed by atoms with Crippen LogP contribution in [0, 0.1) is 0 Å². The molecule has 1 aliphatic carbocycles. The predicted molar refractivity (Wildman–Crippen MR) is 64.0 cm³/mol. The molecule has 0 bridgehead atoms. The van der Waals surface area contributed by atoms with E-state index in [9.17, 15) is 0 Å². The van der Waals surface area contributed by atoms with Crippen molar-refractivity contribution in [2.24, 2.45) is 7.05 Å². The number of likely N-dealkylation sites (N-methyl/N-ethyl adjacent to an activating group) is 1. The van der Waals surface area contributed by atoms with Gasteiger partial charge in [-0.2, -0.15) is 5.10 Å². The zero-order valence-corrected chi connectivity index (χ0v) is 10.5. The third-order valence-electron chi connectivity index (χ3n) is 3.63. The fourth-order valence-electron chi connectivity index (χ4n) is 2.53. The van der Waals surface area contributed by atoms with E-state index in [1.54, 1.807) is 0 Å². The summed E-state index contributed by atoms with van der Waals surface area (Å²) in [7, 11) is 2.00. The van der Waals surface area contributed by atoms with Crippen LogP contribution in [0.5, 0.6) is 0 Å². The Morgan fingerprint density at radius 1 is 1.41 bits per heavy atom. The second-order valence-corrected chi connectivity index (χ2v) is 5.03. The molecular weight excluding hydrogens is 216 g/mol. The molecule has 2 aliphatic rings. The first-order valence-corrected chi connectivity index (χ1v) is 6.51. The number of nitrogens with one attached hydrogen (secondary N) is 1. The molecule has 0 spiro atoms. The van der Waals surface area contributed by atoms with Crippen molar-refractivity contribution in [2.45, 2.75) is 37.6 Å². The van der Waals surface area contributed by atoms with Gasteiger partial charge in [0.15, 0.2) is 5.82 Å². The normalized spacial score (nSPS) is 28.8. The van der Waals surface area contributed by atoms with Gasteiger partial charge < -0.3 is 10.1 Å². The quantitative estimate of drug-likeness (QED) is 0.839. The standard InChI is InChI=1S/C12H20N4O/c1-3-13-10-7-17-6-9(10)12-14-11(8-4-5-8)15-16(12)2/h8-10,13H,3-7H2,1-2H3. The van der Waals surface area contributed by atoms with Gasteiger partial charge in [0, 0.05) is 19.0 Å². The maximum absolute atomic E-state index is 5.57. The predicted octanol–water partition coefficient (Wildman–Crippen LogP) is 0.784. The van der Waals surface area contributed by atoms with Crippen LogP contribution < -0.4 is 5.32 Å². The first kappa shape index (κ1) is 11.2.